The SMILES string of the molecule is CS(=O)(=O)c1ccc(C(O)C(CF)NC(=O)CO)cc1. The summed E-state index contributed by atoms with van der Waals surface area (Å²) in [4.78, 5) is 11.1. The molecule has 0 aromatic heterocycles. The lowest BCUT2D eigenvalue weighted by Gasteiger charge is -2.21. The standard InChI is InChI=1S/C12H16FNO5S/c1-20(18,19)9-4-2-8(3-5-9)12(17)10(6-13)14-11(16)7-15/h2-5,10,12,15,17H,6-7H2,1H3,(H,14,16). The van der Waals surface area contributed by atoms with E-state index in [1.54, 1.807) is 0 Å². The lowest BCUT2D eigenvalue weighted by Crippen LogP contribution is -2.42. The lowest BCUT2D eigenvalue weighted by molar-refractivity contribution is -0.125. The van der Waals surface area contributed by atoms with E-state index in [1.165, 1.54) is 24.3 Å². The number of halogens is 1. The zero-order chi connectivity index (χ0) is 15.3. The van der Waals surface area contributed by atoms with Crippen LogP contribution in [0.15, 0.2) is 29.2 Å². The van der Waals surface area contributed by atoms with Crippen molar-refractivity contribution in [3.8, 4) is 0 Å². The first kappa shape index (κ1) is 16.5. The fraction of sp³-hybridized carbons (Fsp3) is 0.417. The van der Waals surface area contributed by atoms with Gasteiger partial charge >= 0.3 is 0 Å². The number of carbonyl (C=O) groups is 1. The van der Waals surface area contributed by atoms with Gasteiger partial charge in [0.1, 0.15) is 19.4 Å². The number of hydrogen-bond donors (Lipinski definition) is 3. The first-order valence-electron chi connectivity index (χ1n) is 5.74. The first-order valence-corrected chi connectivity index (χ1v) is 7.63. The molecular formula is C12H16FNO5S. The smallest absolute Gasteiger partial charge is 0.246 e. The molecule has 6 nitrogen and oxygen atoms in total. The topological polar surface area (TPSA) is 104 Å². The molecule has 0 fully saturated rings. The molecule has 1 aromatic carbocycles. The molecule has 3 N–H and O–H groups in total. The summed E-state index contributed by atoms with van der Waals surface area (Å²) in [6.45, 7) is -1.84. The molecule has 0 aliphatic heterocycles. The van der Waals surface area contributed by atoms with Crippen LogP contribution in [0.3, 0.4) is 0 Å². The minimum Gasteiger partial charge on any atom is -0.387 e. The van der Waals surface area contributed by atoms with Crippen LogP contribution in [0.2, 0.25) is 0 Å². The number of aliphatic hydroxyl groups excluding tert-OH is 2. The van der Waals surface area contributed by atoms with Crippen LogP contribution in [0.1, 0.15) is 11.7 Å². The molecular weight excluding hydrogens is 289 g/mol. The predicted octanol–water partition coefficient (Wildman–Crippen LogP) is -0.430. The molecule has 0 aliphatic carbocycles. The van der Waals surface area contributed by atoms with Crippen LogP contribution < -0.4 is 5.32 Å². The highest BCUT2D eigenvalue weighted by molar-refractivity contribution is 7.90. The summed E-state index contributed by atoms with van der Waals surface area (Å²) in [6, 6.07) is 4.05. The lowest BCUT2D eigenvalue weighted by atomic mass is 10.0. The molecule has 0 saturated heterocycles. The second-order valence-corrected chi connectivity index (χ2v) is 6.29. The van der Waals surface area contributed by atoms with Gasteiger partial charge in [-0.05, 0) is 17.7 Å². The fourth-order valence-electron chi connectivity index (χ4n) is 1.60. The van der Waals surface area contributed by atoms with Crippen molar-refractivity contribution in [2.24, 2.45) is 0 Å². The Kier molecular flexibility index (Phi) is 5.61. The zero-order valence-electron chi connectivity index (χ0n) is 10.8. The minimum atomic E-state index is -3.35. The van der Waals surface area contributed by atoms with Crippen molar-refractivity contribution in [1.29, 1.82) is 0 Å². The van der Waals surface area contributed by atoms with Crippen LogP contribution in [0.5, 0.6) is 0 Å². The van der Waals surface area contributed by atoms with Crippen LogP contribution in [0.25, 0.3) is 0 Å². The number of sulfone groups is 1. The average Bonchev–Trinajstić information content (AvgIpc) is 2.42. The van der Waals surface area contributed by atoms with E-state index >= 15 is 0 Å². The molecule has 0 bridgehead atoms. The monoisotopic (exact) mass is 305 g/mol. The fourth-order valence-corrected chi connectivity index (χ4v) is 2.23. The van der Waals surface area contributed by atoms with E-state index in [1.807, 2.05) is 0 Å². The van der Waals surface area contributed by atoms with Crippen LogP contribution in [0.4, 0.5) is 4.39 Å². The van der Waals surface area contributed by atoms with Gasteiger partial charge in [-0.15, -0.1) is 0 Å². The van der Waals surface area contributed by atoms with Gasteiger partial charge in [0.2, 0.25) is 5.91 Å². The van der Waals surface area contributed by atoms with Gasteiger partial charge in [0.25, 0.3) is 0 Å². The van der Waals surface area contributed by atoms with Crippen molar-refractivity contribution < 1.29 is 27.8 Å². The van der Waals surface area contributed by atoms with Gasteiger partial charge in [0, 0.05) is 6.26 Å². The second kappa shape index (κ2) is 6.78. The molecule has 0 saturated carbocycles. The largest absolute Gasteiger partial charge is 0.387 e. The molecule has 2 unspecified atom stereocenters. The molecule has 1 amide bonds. The van der Waals surface area contributed by atoms with Gasteiger partial charge in [-0.25, -0.2) is 12.8 Å². The molecule has 0 aliphatic rings. The Hall–Kier alpha value is -1.51. The number of aliphatic hydroxyl groups is 2. The quantitative estimate of drug-likeness (QED) is 0.661. The third-order valence-electron chi connectivity index (χ3n) is 2.69. The number of rotatable bonds is 6. The summed E-state index contributed by atoms with van der Waals surface area (Å²) < 4.78 is 35.4. The molecule has 8 heteroatoms. The maximum atomic E-state index is 12.8. The highest BCUT2D eigenvalue weighted by Crippen LogP contribution is 2.19. The van der Waals surface area contributed by atoms with E-state index in [0.717, 1.165) is 6.26 Å². The van der Waals surface area contributed by atoms with E-state index in [2.05, 4.69) is 5.32 Å². The molecule has 1 rings (SSSR count). The van der Waals surface area contributed by atoms with Gasteiger partial charge in [-0.2, -0.15) is 0 Å². The first-order chi connectivity index (χ1) is 9.29. The van der Waals surface area contributed by atoms with Gasteiger partial charge in [-0.3, -0.25) is 4.79 Å². The van der Waals surface area contributed by atoms with E-state index in [0.29, 0.717) is 0 Å². The van der Waals surface area contributed by atoms with Crippen molar-refractivity contribution in [2.75, 3.05) is 19.5 Å². The van der Waals surface area contributed by atoms with E-state index in [-0.39, 0.29) is 10.5 Å². The van der Waals surface area contributed by atoms with Crippen LogP contribution in [0, 0.1) is 0 Å². The summed E-state index contributed by atoms with van der Waals surface area (Å²) >= 11 is 0. The van der Waals surface area contributed by atoms with Crippen molar-refractivity contribution in [1.82, 2.24) is 5.32 Å². The summed E-state index contributed by atoms with van der Waals surface area (Å²) in [5, 5.41) is 20.6. The summed E-state index contributed by atoms with van der Waals surface area (Å²) in [7, 11) is -3.35. The number of carbonyl (C=O) groups excluding carboxylic acids is 1. The third kappa shape index (κ3) is 4.26. The Morgan fingerprint density at radius 1 is 1.35 bits per heavy atom. The van der Waals surface area contributed by atoms with Crippen LogP contribution in [-0.2, 0) is 14.6 Å². The third-order valence-corrected chi connectivity index (χ3v) is 3.82. The Balaban J connectivity index is 2.90. The van der Waals surface area contributed by atoms with Gasteiger partial charge in [0.15, 0.2) is 9.84 Å². The van der Waals surface area contributed by atoms with E-state index in [9.17, 15) is 22.7 Å². The normalized spacial score (nSPS) is 14.6. The number of amides is 1. The molecule has 0 spiro atoms. The van der Waals surface area contributed by atoms with Crippen molar-refractivity contribution >= 4 is 15.7 Å². The van der Waals surface area contributed by atoms with Gasteiger partial charge < -0.3 is 15.5 Å². The zero-order valence-corrected chi connectivity index (χ0v) is 11.6. The number of hydrogen-bond acceptors (Lipinski definition) is 5. The second-order valence-electron chi connectivity index (χ2n) is 4.27. The maximum absolute atomic E-state index is 12.8. The molecule has 2 atom stereocenters. The van der Waals surface area contributed by atoms with E-state index in [4.69, 9.17) is 5.11 Å². The summed E-state index contributed by atoms with van der Waals surface area (Å²) in [6.07, 6.45) is -0.298. The Morgan fingerprint density at radius 2 is 1.90 bits per heavy atom. The number of benzene rings is 1. The number of alkyl halides is 1. The van der Waals surface area contributed by atoms with Crippen LogP contribution in [-0.4, -0.2) is 50.1 Å². The highest BCUT2D eigenvalue weighted by atomic mass is 32.2. The summed E-state index contributed by atoms with van der Waals surface area (Å²) in [5.74, 6) is -0.806. The van der Waals surface area contributed by atoms with Crippen molar-refractivity contribution in [2.45, 2.75) is 17.0 Å². The van der Waals surface area contributed by atoms with Crippen LogP contribution >= 0.6 is 0 Å². The Morgan fingerprint density at radius 3 is 2.30 bits per heavy atom. The van der Waals surface area contributed by atoms with Gasteiger partial charge in [0.05, 0.1) is 10.9 Å². The molecule has 1 aromatic rings. The molecule has 0 radical (unpaired) electrons. The average molecular weight is 305 g/mol. The van der Waals surface area contributed by atoms with E-state index < -0.39 is 41.2 Å². The summed E-state index contributed by atoms with van der Waals surface area (Å²) in [5.41, 5.74) is 0.262. The van der Waals surface area contributed by atoms with Crippen molar-refractivity contribution in [3.63, 3.8) is 0 Å². The Bertz CT molecular complexity index is 558. The molecule has 20 heavy (non-hydrogen) atoms. The molecule has 112 valence electrons. The minimum absolute atomic E-state index is 0.0737. The highest BCUT2D eigenvalue weighted by Gasteiger charge is 2.23. The number of nitrogens with one attached hydrogen (secondary N) is 1. The van der Waals surface area contributed by atoms with Crippen molar-refractivity contribution in [3.05, 3.63) is 29.8 Å². The predicted molar refractivity (Wildman–Crippen MR) is 69.5 cm³/mol. The Labute approximate surface area is 116 Å². The van der Waals surface area contributed by atoms with Gasteiger partial charge in [-0.1, -0.05) is 12.1 Å². The molecule has 0 heterocycles. The maximum Gasteiger partial charge on any atom is 0.246 e.